The van der Waals surface area contributed by atoms with Gasteiger partial charge in [-0.1, -0.05) is 12.1 Å². The molecule has 0 aliphatic heterocycles. The summed E-state index contributed by atoms with van der Waals surface area (Å²) >= 11 is 3.47. The zero-order chi connectivity index (χ0) is 13.8. The van der Waals surface area contributed by atoms with Crippen LogP contribution in [0.1, 0.15) is 5.56 Å². The van der Waals surface area contributed by atoms with Crippen molar-refractivity contribution in [1.82, 2.24) is 9.97 Å². The summed E-state index contributed by atoms with van der Waals surface area (Å²) in [5.41, 5.74) is 1.40. The van der Waals surface area contributed by atoms with Crippen molar-refractivity contribution in [2.45, 2.75) is 0 Å². The summed E-state index contributed by atoms with van der Waals surface area (Å²) < 4.78 is 0.757. The Balaban J connectivity index is 2.51. The van der Waals surface area contributed by atoms with Crippen molar-refractivity contribution in [2.24, 2.45) is 0 Å². The lowest BCUT2D eigenvalue weighted by Crippen LogP contribution is -2.14. The van der Waals surface area contributed by atoms with Crippen LogP contribution in [0.15, 0.2) is 35.1 Å². The third-order valence-electron chi connectivity index (χ3n) is 2.71. The summed E-state index contributed by atoms with van der Waals surface area (Å²) in [4.78, 5) is 10.2. The number of halogens is 1. The third-order valence-corrected chi connectivity index (χ3v) is 3.44. The zero-order valence-corrected chi connectivity index (χ0v) is 12.1. The van der Waals surface area contributed by atoms with Crippen molar-refractivity contribution in [1.29, 1.82) is 5.26 Å². The Bertz CT molecular complexity index is 635. The molecule has 0 atom stereocenters. The number of benzene rings is 1. The lowest BCUT2D eigenvalue weighted by molar-refractivity contribution is 1.06. The summed E-state index contributed by atoms with van der Waals surface area (Å²) in [6.45, 7) is 0. The quantitative estimate of drug-likeness (QED) is 0.942. The molecule has 0 aliphatic rings. The SMILES string of the molecule is CNc1ncnc(N(C)c2ccccc2C#N)c1Br. The van der Waals surface area contributed by atoms with Crippen LogP contribution in [0.2, 0.25) is 0 Å². The average Bonchev–Trinajstić information content (AvgIpc) is 2.46. The minimum atomic E-state index is 0.599. The van der Waals surface area contributed by atoms with E-state index in [9.17, 15) is 0 Å². The van der Waals surface area contributed by atoms with Gasteiger partial charge in [0.1, 0.15) is 22.7 Å². The fraction of sp³-hybridized carbons (Fsp3) is 0.154. The van der Waals surface area contributed by atoms with Gasteiger partial charge in [-0.25, -0.2) is 9.97 Å². The Morgan fingerprint density at radius 3 is 2.74 bits per heavy atom. The number of rotatable bonds is 3. The van der Waals surface area contributed by atoms with E-state index in [1.54, 1.807) is 13.1 Å². The van der Waals surface area contributed by atoms with Crippen molar-refractivity contribution in [2.75, 3.05) is 24.3 Å². The molecule has 5 nitrogen and oxygen atoms in total. The van der Waals surface area contributed by atoms with E-state index >= 15 is 0 Å². The summed E-state index contributed by atoms with van der Waals surface area (Å²) in [7, 11) is 3.66. The maximum atomic E-state index is 9.15. The van der Waals surface area contributed by atoms with Crippen LogP contribution in [0.5, 0.6) is 0 Å². The molecule has 6 heteroatoms. The van der Waals surface area contributed by atoms with Gasteiger partial charge in [-0.15, -0.1) is 0 Å². The number of nitriles is 1. The van der Waals surface area contributed by atoms with Gasteiger partial charge < -0.3 is 10.2 Å². The monoisotopic (exact) mass is 317 g/mol. The summed E-state index contributed by atoms with van der Waals surface area (Å²) in [6, 6.07) is 9.56. The van der Waals surface area contributed by atoms with E-state index in [2.05, 4.69) is 37.3 Å². The number of hydrogen-bond donors (Lipinski definition) is 1. The summed E-state index contributed by atoms with van der Waals surface area (Å²) in [5.74, 6) is 1.40. The first-order valence-corrected chi connectivity index (χ1v) is 6.39. The maximum Gasteiger partial charge on any atom is 0.152 e. The van der Waals surface area contributed by atoms with Crippen LogP contribution in [0.3, 0.4) is 0 Å². The summed E-state index contributed by atoms with van der Waals surface area (Å²) in [5, 5.41) is 12.1. The Morgan fingerprint density at radius 2 is 2.05 bits per heavy atom. The van der Waals surface area contributed by atoms with Gasteiger partial charge in [-0.3, -0.25) is 0 Å². The summed E-state index contributed by atoms with van der Waals surface area (Å²) in [6.07, 6.45) is 1.48. The Kier molecular flexibility index (Phi) is 3.97. The predicted molar refractivity (Wildman–Crippen MR) is 78.5 cm³/mol. The molecule has 0 spiro atoms. The van der Waals surface area contributed by atoms with E-state index in [0.717, 1.165) is 10.2 Å². The lowest BCUT2D eigenvalue weighted by atomic mass is 10.2. The average molecular weight is 318 g/mol. The normalized spacial score (nSPS) is 9.79. The maximum absolute atomic E-state index is 9.15. The van der Waals surface area contributed by atoms with Gasteiger partial charge in [0.05, 0.1) is 11.3 Å². The highest BCUT2D eigenvalue weighted by Crippen LogP contribution is 2.33. The number of aromatic nitrogens is 2. The smallest absolute Gasteiger partial charge is 0.152 e. The van der Waals surface area contributed by atoms with E-state index in [1.807, 2.05) is 30.1 Å². The van der Waals surface area contributed by atoms with Crippen molar-refractivity contribution >= 4 is 33.3 Å². The Labute approximate surface area is 120 Å². The molecule has 1 aromatic carbocycles. The second kappa shape index (κ2) is 5.67. The second-order valence-electron chi connectivity index (χ2n) is 3.80. The zero-order valence-electron chi connectivity index (χ0n) is 10.6. The van der Waals surface area contributed by atoms with E-state index in [0.29, 0.717) is 17.2 Å². The van der Waals surface area contributed by atoms with Crippen LogP contribution < -0.4 is 10.2 Å². The molecule has 0 saturated heterocycles. The molecular weight excluding hydrogens is 306 g/mol. The highest BCUT2D eigenvalue weighted by molar-refractivity contribution is 9.10. The topological polar surface area (TPSA) is 64.8 Å². The molecule has 0 amide bonds. The van der Waals surface area contributed by atoms with Crippen LogP contribution in [0.25, 0.3) is 0 Å². The van der Waals surface area contributed by atoms with E-state index in [1.165, 1.54) is 6.33 Å². The van der Waals surface area contributed by atoms with Crippen LogP contribution in [0, 0.1) is 11.3 Å². The molecule has 96 valence electrons. The second-order valence-corrected chi connectivity index (χ2v) is 4.59. The molecule has 0 bridgehead atoms. The van der Waals surface area contributed by atoms with Gasteiger partial charge in [0.2, 0.25) is 0 Å². The number of nitrogens with one attached hydrogen (secondary N) is 1. The van der Waals surface area contributed by atoms with Crippen molar-refractivity contribution in [3.63, 3.8) is 0 Å². The van der Waals surface area contributed by atoms with Crippen molar-refractivity contribution in [3.8, 4) is 6.07 Å². The first kappa shape index (κ1) is 13.3. The first-order chi connectivity index (χ1) is 9.19. The minimum Gasteiger partial charge on any atom is -0.372 e. The number of anilines is 3. The Morgan fingerprint density at radius 1 is 1.32 bits per heavy atom. The molecule has 1 aromatic heterocycles. The fourth-order valence-electron chi connectivity index (χ4n) is 1.74. The first-order valence-electron chi connectivity index (χ1n) is 5.60. The van der Waals surface area contributed by atoms with Crippen LogP contribution in [0.4, 0.5) is 17.3 Å². The molecule has 0 fully saturated rings. The van der Waals surface area contributed by atoms with Gasteiger partial charge >= 0.3 is 0 Å². The third kappa shape index (κ3) is 2.51. The molecule has 0 aliphatic carbocycles. The molecule has 2 rings (SSSR count). The highest BCUT2D eigenvalue weighted by Gasteiger charge is 2.15. The molecule has 1 heterocycles. The fourth-order valence-corrected chi connectivity index (χ4v) is 2.41. The number of para-hydroxylation sites is 1. The van der Waals surface area contributed by atoms with Gasteiger partial charge in [0.15, 0.2) is 5.82 Å². The standard InChI is InChI=1S/C13H12BrN5/c1-16-12-11(14)13(18-8-17-12)19(2)10-6-4-3-5-9(10)7-15/h3-6,8H,1-2H3,(H,16,17,18). The molecule has 19 heavy (non-hydrogen) atoms. The molecule has 1 N–H and O–H groups in total. The van der Waals surface area contributed by atoms with Crippen molar-refractivity contribution in [3.05, 3.63) is 40.6 Å². The number of nitrogens with zero attached hydrogens (tertiary/aromatic N) is 4. The largest absolute Gasteiger partial charge is 0.372 e. The van der Waals surface area contributed by atoms with Gasteiger partial charge in [0, 0.05) is 14.1 Å². The minimum absolute atomic E-state index is 0.599. The lowest BCUT2D eigenvalue weighted by Gasteiger charge is -2.21. The van der Waals surface area contributed by atoms with E-state index < -0.39 is 0 Å². The molecule has 0 radical (unpaired) electrons. The number of hydrogen-bond acceptors (Lipinski definition) is 5. The van der Waals surface area contributed by atoms with Crippen LogP contribution in [-0.2, 0) is 0 Å². The van der Waals surface area contributed by atoms with Crippen LogP contribution in [-0.4, -0.2) is 24.1 Å². The molecule has 2 aromatic rings. The van der Waals surface area contributed by atoms with Gasteiger partial charge in [-0.2, -0.15) is 5.26 Å². The van der Waals surface area contributed by atoms with Gasteiger partial charge in [-0.05, 0) is 28.1 Å². The highest BCUT2D eigenvalue weighted by atomic mass is 79.9. The molecule has 0 saturated carbocycles. The Hall–Kier alpha value is -2.13. The van der Waals surface area contributed by atoms with Gasteiger partial charge in [0.25, 0.3) is 0 Å². The van der Waals surface area contributed by atoms with E-state index in [-0.39, 0.29) is 0 Å². The van der Waals surface area contributed by atoms with Crippen LogP contribution >= 0.6 is 15.9 Å². The molecular formula is C13H12BrN5. The predicted octanol–water partition coefficient (Wildman–Crippen LogP) is 2.92. The molecule has 0 unspecified atom stereocenters. The van der Waals surface area contributed by atoms with E-state index in [4.69, 9.17) is 5.26 Å². The van der Waals surface area contributed by atoms with Crippen molar-refractivity contribution < 1.29 is 0 Å².